The topological polar surface area (TPSA) is 101 Å². The zero-order valence-corrected chi connectivity index (χ0v) is 18.0. The molecule has 4 rings (SSSR count). The molecule has 1 aliphatic rings. The number of thioether (sulfide) groups is 1. The molecule has 0 atom stereocenters. The molecule has 1 aromatic heterocycles. The second-order valence-electron chi connectivity index (χ2n) is 6.61. The highest BCUT2D eigenvalue weighted by atomic mass is 35.5. The van der Waals surface area contributed by atoms with Gasteiger partial charge in [-0.05, 0) is 53.2 Å². The van der Waals surface area contributed by atoms with Crippen LogP contribution < -0.4 is 0 Å². The molecule has 3 aromatic rings. The largest absolute Gasteiger partial charge is 0.467 e. The summed E-state index contributed by atoms with van der Waals surface area (Å²) in [6.45, 7) is 0.181. The van der Waals surface area contributed by atoms with E-state index in [9.17, 15) is 14.9 Å². The molecular weight excluding hydrogens is 452 g/mol. The number of nitrogens with zero attached hydrogens (tertiary/aromatic N) is 4. The summed E-state index contributed by atoms with van der Waals surface area (Å²) in [5.41, 5.74) is 1.29. The van der Waals surface area contributed by atoms with Gasteiger partial charge in [0.2, 0.25) is 0 Å². The lowest BCUT2D eigenvalue weighted by Gasteiger charge is -2.12. The number of halogens is 1. The molecule has 0 radical (unpaired) electrons. The van der Waals surface area contributed by atoms with Crippen LogP contribution in [0.4, 0.5) is 5.69 Å². The maximum absolute atomic E-state index is 13.0. The predicted octanol–water partition coefficient (Wildman–Crippen LogP) is 5.35. The number of carbonyl (C=O) groups excluding carboxylic acids is 1. The van der Waals surface area contributed by atoms with Gasteiger partial charge in [-0.2, -0.15) is 5.10 Å². The summed E-state index contributed by atoms with van der Waals surface area (Å²) in [6, 6.07) is 16.6. The van der Waals surface area contributed by atoms with Gasteiger partial charge < -0.3 is 4.42 Å². The summed E-state index contributed by atoms with van der Waals surface area (Å²) in [5, 5.41) is 20.4. The van der Waals surface area contributed by atoms with Crippen molar-refractivity contribution in [1.82, 2.24) is 4.90 Å². The van der Waals surface area contributed by atoms with Crippen LogP contribution in [0.25, 0.3) is 6.08 Å². The predicted molar refractivity (Wildman–Crippen MR) is 124 cm³/mol. The van der Waals surface area contributed by atoms with Gasteiger partial charge in [0, 0.05) is 17.2 Å². The van der Waals surface area contributed by atoms with E-state index in [0.717, 1.165) is 17.3 Å². The average Bonchev–Trinajstić information content (AvgIpc) is 3.40. The number of hydrogen-bond acceptors (Lipinski definition) is 7. The van der Waals surface area contributed by atoms with Crippen molar-refractivity contribution in [2.75, 3.05) is 0 Å². The number of hydrogen-bond donors (Lipinski definition) is 0. The molecule has 0 N–H and O–H groups in total. The first kappa shape index (κ1) is 21.5. The van der Waals surface area contributed by atoms with Gasteiger partial charge in [0.25, 0.3) is 11.6 Å². The highest BCUT2D eigenvalue weighted by molar-refractivity contribution is 8.18. The second kappa shape index (κ2) is 9.63. The maximum atomic E-state index is 13.0. The molecular formula is C22H15ClN4O4S. The van der Waals surface area contributed by atoms with Crippen LogP contribution in [0.3, 0.4) is 0 Å². The quantitative estimate of drug-likeness (QED) is 0.211. The summed E-state index contributed by atoms with van der Waals surface area (Å²) in [7, 11) is 0. The Morgan fingerprint density at radius 2 is 1.94 bits per heavy atom. The van der Waals surface area contributed by atoms with Crippen LogP contribution in [0.5, 0.6) is 0 Å². The van der Waals surface area contributed by atoms with Crippen LogP contribution in [-0.2, 0) is 11.3 Å². The highest BCUT2D eigenvalue weighted by Gasteiger charge is 2.34. The molecule has 2 heterocycles. The number of nitro groups is 1. The summed E-state index contributed by atoms with van der Waals surface area (Å²) in [4.78, 5) is 25.4. The second-order valence-corrected chi connectivity index (χ2v) is 8.06. The van der Waals surface area contributed by atoms with E-state index in [1.807, 2.05) is 0 Å². The van der Waals surface area contributed by atoms with Gasteiger partial charge in [-0.25, -0.2) is 0 Å². The van der Waals surface area contributed by atoms with Crippen molar-refractivity contribution < 1.29 is 14.1 Å². The van der Waals surface area contributed by atoms with Crippen LogP contribution in [0, 0.1) is 10.1 Å². The summed E-state index contributed by atoms with van der Waals surface area (Å²) >= 11 is 7.03. The zero-order chi connectivity index (χ0) is 22.5. The highest BCUT2D eigenvalue weighted by Crippen LogP contribution is 2.34. The standard InChI is InChI=1S/C22H15ClN4O4S/c23-17-8-6-15(7-9-17)13-24-25-22-26(14-19-5-2-10-31-19)21(28)20(32-22)12-16-3-1-4-18(11-16)27(29)30/h1-13H,14H2/b20-12-,24-13-,25-22+. The molecule has 0 saturated carbocycles. The number of benzene rings is 2. The third-order valence-corrected chi connectivity index (χ3v) is 5.63. The molecule has 0 bridgehead atoms. The van der Waals surface area contributed by atoms with Crippen molar-refractivity contribution in [2.45, 2.75) is 6.54 Å². The SMILES string of the molecule is O=C1/C(=C/c2cccc([N+](=O)[O-])c2)S/C(=N/N=C\c2ccc(Cl)cc2)N1Cc1ccco1. The third kappa shape index (κ3) is 5.13. The smallest absolute Gasteiger partial charge is 0.270 e. The number of rotatable bonds is 6. The first-order chi connectivity index (χ1) is 15.5. The molecule has 0 unspecified atom stereocenters. The minimum absolute atomic E-state index is 0.0521. The van der Waals surface area contributed by atoms with Crippen LogP contribution >= 0.6 is 23.4 Å². The number of amides is 1. The fraction of sp³-hybridized carbons (Fsp3) is 0.0455. The Morgan fingerprint density at radius 3 is 2.66 bits per heavy atom. The van der Waals surface area contributed by atoms with Gasteiger partial charge in [0.1, 0.15) is 5.76 Å². The molecule has 2 aromatic carbocycles. The lowest BCUT2D eigenvalue weighted by Crippen LogP contribution is -2.28. The molecule has 1 fully saturated rings. The van der Waals surface area contributed by atoms with Gasteiger partial charge in [0.05, 0.1) is 28.9 Å². The Morgan fingerprint density at radius 1 is 1.12 bits per heavy atom. The van der Waals surface area contributed by atoms with E-state index in [4.69, 9.17) is 16.0 Å². The minimum atomic E-state index is -0.479. The third-order valence-electron chi connectivity index (χ3n) is 4.38. The first-order valence-corrected chi connectivity index (χ1v) is 10.5. The lowest BCUT2D eigenvalue weighted by atomic mass is 10.2. The van der Waals surface area contributed by atoms with Crippen LogP contribution in [0.1, 0.15) is 16.9 Å². The normalized spacial score (nSPS) is 16.5. The Kier molecular flexibility index (Phi) is 6.48. The van der Waals surface area contributed by atoms with Crippen LogP contribution in [0.15, 0.2) is 86.5 Å². The molecule has 1 amide bonds. The molecule has 1 aliphatic heterocycles. The lowest BCUT2D eigenvalue weighted by molar-refractivity contribution is -0.384. The van der Waals surface area contributed by atoms with Gasteiger partial charge in [-0.15, -0.1) is 5.10 Å². The van der Waals surface area contributed by atoms with Crippen molar-refractivity contribution in [3.05, 3.63) is 104 Å². The van der Waals surface area contributed by atoms with E-state index in [0.29, 0.717) is 26.4 Å². The van der Waals surface area contributed by atoms with E-state index in [2.05, 4.69) is 10.2 Å². The van der Waals surface area contributed by atoms with Crippen molar-refractivity contribution in [2.24, 2.45) is 10.2 Å². The first-order valence-electron chi connectivity index (χ1n) is 9.34. The monoisotopic (exact) mass is 466 g/mol. The number of carbonyl (C=O) groups is 1. The van der Waals surface area contributed by atoms with E-state index in [-0.39, 0.29) is 18.1 Å². The maximum Gasteiger partial charge on any atom is 0.270 e. The molecule has 160 valence electrons. The summed E-state index contributed by atoms with van der Waals surface area (Å²) in [6.07, 6.45) is 4.68. The van der Waals surface area contributed by atoms with Crippen LogP contribution in [-0.4, -0.2) is 27.1 Å². The molecule has 10 heteroatoms. The summed E-state index contributed by atoms with van der Waals surface area (Å²) < 4.78 is 5.37. The number of furan rings is 1. The van der Waals surface area contributed by atoms with Crippen molar-refractivity contribution in [3.8, 4) is 0 Å². The summed E-state index contributed by atoms with van der Waals surface area (Å²) in [5.74, 6) is 0.295. The Labute approximate surface area is 192 Å². The molecule has 1 saturated heterocycles. The molecule has 8 nitrogen and oxygen atoms in total. The average molecular weight is 467 g/mol. The zero-order valence-electron chi connectivity index (χ0n) is 16.4. The van der Waals surface area contributed by atoms with E-state index < -0.39 is 4.92 Å². The Balaban J connectivity index is 1.62. The van der Waals surface area contributed by atoms with Gasteiger partial charge in [0.15, 0.2) is 5.17 Å². The van der Waals surface area contributed by atoms with E-state index >= 15 is 0 Å². The number of non-ortho nitro benzene ring substituents is 1. The van der Waals surface area contributed by atoms with E-state index in [1.165, 1.54) is 23.3 Å². The Hall–Kier alpha value is -3.69. The van der Waals surface area contributed by atoms with Crippen molar-refractivity contribution >= 4 is 52.4 Å². The molecule has 0 aliphatic carbocycles. The van der Waals surface area contributed by atoms with E-state index in [1.54, 1.807) is 60.8 Å². The minimum Gasteiger partial charge on any atom is -0.467 e. The Bertz CT molecular complexity index is 1240. The fourth-order valence-electron chi connectivity index (χ4n) is 2.85. The fourth-order valence-corrected chi connectivity index (χ4v) is 3.91. The van der Waals surface area contributed by atoms with Gasteiger partial charge >= 0.3 is 0 Å². The molecule has 32 heavy (non-hydrogen) atoms. The van der Waals surface area contributed by atoms with Crippen molar-refractivity contribution in [3.63, 3.8) is 0 Å². The van der Waals surface area contributed by atoms with Gasteiger partial charge in [-0.3, -0.25) is 19.8 Å². The number of nitro benzene ring substituents is 1. The van der Waals surface area contributed by atoms with Crippen LogP contribution in [0.2, 0.25) is 5.02 Å². The number of amidine groups is 1. The van der Waals surface area contributed by atoms with Gasteiger partial charge in [-0.1, -0.05) is 35.9 Å². The molecule has 0 spiro atoms. The van der Waals surface area contributed by atoms with Crippen molar-refractivity contribution in [1.29, 1.82) is 0 Å².